The molecule has 2 aromatic heterocycles. The molecular formula is C67H94N12O14S2. The standard InChI is InChI=1S/C34H46N6O8S.C29H40N6O5S.C4H8O/c1-32(2,3)48-31(44)37-25-15-9-7-5-6-8-12-21-19-34(21,29(43)39-49(45,46)33(4)16-17-33)38-27(41)26-18-22(20-40(26)28(25)42)47-30-35-23-13-10-11-14-24(23)36-30;1-28(13-14-28)41(38,39)34-26(37)29-16-19(29)9-5-3-2-4-6-10-20(30)17-35-18-21(15-24(35)25(36)33-29)40-27-31-22-11-7-8-12-23(22)32-27;1-2-4-5-3-1/h8,10-14,21-22,25-26H,5-7,9,15-20H2,1-4H3,(H,35,36)(H,37,44)(H,38,41)(H,39,43);5,7-9,11-12,19-21,24H,2-4,6,10,13-18,30H2,1H3,(H,31,32)(H,33,36)(H,34,37);1-4H2/b12-8-;9-5-;/t21-,22-,25+,26+,34-;19-,20+,21-,24+,29-;/m11./s1. The zero-order valence-electron chi connectivity index (χ0n) is 55.1. The van der Waals surface area contributed by atoms with Crippen molar-refractivity contribution in [1.29, 1.82) is 0 Å². The van der Waals surface area contributed by atoms with Crippen molar-refractivity contribution in [1.82, 2.24) is 55.1 Å². The van der Waals surface area contributed by atoms with E-state index in [1.54, 1.807) is 34.6 Å². The van der Waals surface area contributed by atoms with Crippen molar-refractivity contribution >= 4 is 77.7 Å². The third-order valence-corrected chi connectivity index (χ3v) is 24.2. The Morgan fingerprint density at radius 3 is 1.61 bits per heavy atom. The average molecular weight is 1360 g/mol. The van der Waals surface area contributed by atoms with Crippen molar-refractivity contribution in [2.24, 2.45) is 17.6 Å². The summed E-state index contributed by atoms with van der Waals surface area (Å²) in [6.07, 6.45) is 19.6. The van der Waals surface area contributed by atoms with Crippen molar-refractivity contribution in [2.45, 2.75) is 226 Å². The van der Waals surface area contributed by atoms with Crippen LogP contribution >= 0.6 is 0 Å². The molecule has 4 saturated carbocycles. The predicted octanol–water partition coefficient (Wildman–Crippen LogP) is 6.10. The Hall–Kier alpha value is -7.14. The number of H-pyrrole nitrogens is 2. The molecule has 4 aliphatic carbocycles. The van der Waals surface area contributed by atoms with Crippen LogP contribution in [0.1, 0.15) is 163 Å². The molecule has 0 radical (unpaired) electrons. The van der Waals surface area contributed by atoms with Gasteiger partial charge in [-0.3, -0.25) is 38.3 Å². The number of sulfonamides is 2. The third kappa shape index (κ3) is 16.5. The van der Waals surface area contributed by atoms with Crippen LogP contribution in [0.2, 0.25) is 0 Å². The minimum atomic E-state index is -3.96. The number of benzene rings is 2. The molecule has 3 saturated heterocycles. The number of nitrogens with one attached hydrogen (secondary N) is 7. The molecule has 13 rings (SSSR count). The Kier molecular flexibility index (Phi) is 20.5. The number of carbonyl (C=O) groups is 6. The van der Waals surface area contributed by atoms with Crippen molar-refractivity contribution < 1.29 is 64.6 Å². The van der Waals surface area contributed by atoms with E-state index >= 15 is 0 Å². The van der Waals surface area contributed by atoms with Crippen LogP contribution in [-0.2, 0) is 53.5 Å². The van der Waals surface area contributed by atoms with E-state index in [-0.39, 0.29) is 49.4 Å². The fourth-order valence-corrected chi connectivity index (χ4v) is 15.8. The van der Waals surface area contributed by atoms with Gasteiger partial charge >= 0.3 is 6.09 Å². The maximum Gasteiger partial charge on any atom is 0.408 e. The first kappa shape index (κ1) is 69.2. The summed E-state index contributed by atoms with van der Waals surface area (Å²) in [6.45, 7) is 11.4. The van der Waals surface area contributed by atoms with Crippen molar-refractivity contribution in [3.8, 4) is 12.0 Å². The van der Waals surface area contributed by atoms with Crippen LogP contribution in [0.15, 0.2) is 72.8 Å². The molecular weight excluding hydrogens is 1260 g/mol. The number of nitrogens with two attached hydrogens (primary N) is 1. The second kappa shape index (κ2) is 28.1. The van der Waals surface area contributed by atoms with Crippen molar-refractivity contribution in [3.05, 3.63) is 72.8 Å². The van der Waals surface area contributed by atoms with Gasteiger partial charge in [0.1, 0.15) is 41.0 Å². The third-order valence-electron chi connectivity index (χ3n) is 19.8. The summed E-state index contributed by atoms with van der Waals surface area (Å²) in [5.74, 6) is -3.54. The molecule has 2 aromatic carbocycles. The molecule has 6 amide bonds. The van der Waals surface area contributed by atoms with Crippen LogP contribution in [0.25, 0.3) is 22.1 Å². The number of amides is 6. The lowest BCUT2D eigenvalue weighted by Crippen LogP contribution is -2.58. The molecule has 0 bridgehead atoms. The molecule has 26 nitrogen and oxygen atoms in total. The number of para-hydroxylation sites is 4. The number of hydrogen-bond acceptors (Lipinski definition) is 18. The molecule has 7 heterocycles. The number of allylic oxidation sites excluding steroid dienone is 2. The monoisotopic (exact) mass is 1350 g/mol. The van der Waals surface area contributed by atoms with E-state index in [4.69, 9.17) is 24.7 Å². The molecule has 95 heavy (non-hydrogen) atoms. The fraction of sp³-hybridized carbons (Fsp3) is 0.642. The lowest BCUT2D eigenvalue weighted by atomic mass is 10.0. The number of fused-ring (bicyclic) bond motifs is 6. The van der Waals surface area contributed by atoms with Gasteiger partial charge in [-0.15, -0.1) is 0 Å². The first-order valence-electron chi connectivity index (χ1n) is 33.9. The number of alkyl carbamates (subject to hydrolysis) is 1. The van der Waals surface area contributed by atoms with Gasteiger partial charge in [-0.1, -0.05) is 74.3 Å². The number of ether oxygens (including phenoxy) is 4. The minimum absolute atomic E-state index is 0.00965. The maximum absolute atomic E-state index is 14.3. The number of hydrogen-bond donors (Lipinski definition) is 8. The second-order valence-electron chi connectivity index (χ2n) is 28.8. The van der Waals surface area contributed by atoms with E-state index in [2.05, 4.69) is 45.3 Å². The van der Waals surface area contributed by atoms with E-state index in [1.165, 1.54) is 17.7 Å². The smallest absolute Gasteiger partial charge is 0.408 e. The summed E-state index contributed by atoms with van der Waals surface area (Å²) in [6, 6.07) is 12.9. The Balaban J connectivity index is 0.000000182. The minimum Gasteiger partial charge on any atom is -0.460 e. The molecule has 7 fully saturated rings. The second-order valence-corrected chi connectivity index (χ2v) is 33.2. The van der Waals surface area contributed by atoms with Crippen molar-refractivity contribution in [3.63, 3.8) is 0 Å². The van der Waals surface area contributed by atoms with Gasteiger partial charge in [-0.2, -0.15) is 9.97 Å². The van der Waals surface area contributed by atoms with Gasteiger partial charge in [0.05, 0.1) is 44.1 Å². The zero-order valence-corrected chi connectivity index (χ0v) is 56.8. The number of imidazole rings is 2. The fourth-order valence-electron chi connectivity index (χ4n) is 13.2. The van der Waals surface area contributed by atoms with Gasteiger partial charge in [-0.05, 0) is 149 Å². The molecule has 4 aromatic rings. The highest BCUT2D eigenvalue weighted by Gasteiger charge is 2.65. The molecule has 9 N–H and O–H groups in total. The zero-order chi connectivity index (χ0) is 67.6. The lowest BCUT2D eigenvalue weighted by Gasteiger charge is -2.30. The molecule has 0 unspecified atom stereocenters. The highest BCUT2D eigenvalue weighted by Crippen LogP contribution is 2.49. The number of aromatic amines is 2. The highest BCUT2D eigenvalue weighted by atomic mass is 32.2. The lowest BCUT2D eigenvalue weighted by molar-refractivity contribution is -0.141. The summed E-state index contributed by atoms with van der Waals surface area (Å²) in [5, 5.41) is 8.59. The van der Waals surface area contributed by atoms with Crippen LogP contribution < -0.4 is 40.6 Å². The van der Waals surface area contributed by atoms with Gasteiger partial charge < -0.3 is 55.5 Å². The molecule has 5 aliphatic heterocycles. The van der Waals surface area contributed by atoms with E-state index in [9.17, 15) is 45.6 Å². The SMILES string of the molecule is C1CCOC1.CC(C)(C)OC(=O)N[C@H]1CCCCC/C=C\[C@@H]2C[C@@]2(C(=O)NS(=O)(=O)C2(C)CC2)NC(=O)[C@@H]2C[C@@H](Oc3nc4ccccc4[nH]3)CN2C1=O.CC1(S(=O)(=O)NC(=O)[C@@]23C[C@H]2/C=C\CCCCC[C@H](N)CN2C[C@H](Oc4nc5ccccc5[nH]4)C[C@H]2C(=O)N3)CC1. The van der Waals surface area contributed by atoms with Crippen LogP contribution in [-0.4, -0.2) is 178 Å². The Labute approximate surface area is 555 Å². The Morgan fingerprint density at radius 2 is 1.13 bits per heavy atom. The Bertz CT molecular complexity index is 3710. The summed E-state index contributed by atoms with van der Waals surface area (Å²) in [4.78, 5) is 101. The van der Waals surface area contributed by atoms with Gasteiger partial charge in [0.2, 0.25) is 37.8 Å². The molecule has 28 heteroatoms. The number of rotatable bonds is 11. The van der Waals surface area contributed by atoms with E-state index in [1.807, 2.05) is 77.7 Å². The van der Waals surface area contributed by atoms with E-state index in [0.29, 0.717) is 82.4 Å². The van der Waals surface area contributed by atoms with Gasteiger partial charge in [0.25, 0.3) is 23.8 Å². The Morgan fingerprint density at radius 1 is 0.642 bits per heavy atom. The van der Waals surface area contributed by atoms with E-state index in [0.717, 1.165) is 74.7 Å². The summed E-state index contributed by atoms with van der Waals surface area (Å²) in [5.41, 5.74) is 6.05. The number of nitrogens with zero attached hydrogens (tertiary/aromatic N) is 4. The largest absolute Gasteiger partial charge is 0.460 e. The summed E-state index contributed by atoms with van der Waals surface area (Å²) >= 11 is 0. The van der Waals surface area contributed by atoms with Crippen LogP contribution in [0.4, 0.5) is 4.79 Å². The van der Waals surface area contributed by atoms with Crippen LogP contribution in [0.3, 0.4) is 0 Å². The predicted molar refractivity (Wildman–Crippen MR) is 354 cm³/mol. The molecule has 10 atom stereocenters. The average Bonchev–Trinajstić information content (AvgIpc) is 1.57. The van der Waals surface area contributed by atoms with Crippen molar-refractivity contribution in [2.75, 3.05) is 32.8 Å². The van der Waals surface area contributed by atoms with E-state index < -0.39 is 106 Å². The molecule has 0 spiro atoms. The van der Waals surface area contributed by atoms with Crippen LogP contribution in [0.5, 0.6) is 12.0 Å². The summed E-state index contributed by atoms with van der Waals surface area (Å²) in [7, 11) is -7.81. The topological polar surface area (TPSA) is 358 Å². The quantitative estimate of drug-likeness (QED) is 0.0786. The van der Waals surface area contributed by atoms with Gasteiger partial charge in [0, 0.05) is 57.0 Å². The highest BCUT2D eigenvalue weighted by molar-refractivity contribution is 7.92. The number of carbonyl (C=O) groups excluding carboxylic acids is 6. The first-order valence-corrected chi connectivity index (χ1v) is 36.9. The number of aromatic nitrogens is 4. The molecule has 9 aliphatic rings. The maximum atomic E-state index is 14.3. The summed E-state index contributed by atoms with van der Waals surface area (Å²) < 4.78 is 77.3. The first-order chi connectivity index (χ1) is 45.2. The van der Waals surface area contributed by atoms with Gasteiger partial charge in [-0.25, -0.2) is 21.6 Å². The normalized spacial score (nSPS) is 30.6. The molecule has 518 valence electrons. The van der Waals surface area contributed by atoms with Gasteiger partial charge in [0.15, 0.2) is 0 Å². The van der Waals surface area contributed by atoms with Crippen LogP contribution in [0, 0.1) is 11.8 Å².